The van der Waals surface area contributed by atoms with Gasteiger partial charge in [-0.15, -0.1) is 0 Å². The first kappa shape index (κ1) is 17.1. The van der Waals surface area contributed by atoms with Crippen LogP contribution in [0.5, 0.6) is 5.75 Å². The van der Waals surface area contributed by atoms with Gasteiger partial charge in [-0.1, -0.05) is 6.07 Å². The van der Waals surface area contributed by atoms with Gasteiger partial charge in [-0.05, 0) is 48.9 Å². The molecular formula is C15H14F3NO3S. The van der Waals surface area contributed by atoms with E-state index in [0.717, 1.165) is 29.8 Å². The van der Waals surface area contributed by atoms with Gasteiger partial charge in [-0.2, -0.15) is 13.2 Å². The molecule has 2 rings (SSSR count). The van der Waals surface area contributed by atoms with Gasteiger partial charge in [0.05, 0.1) is 23.3 Å². The summed E-state index contributed by atoms with van der Waals surface area (Å²) >= 11 is 0. The van der Waals surface area contributed by atoms with Crippen LogP contribution in [0.2, 0.25) is 0 Å². The van der Waals surface area contributed by atoms with Crippen LogP contribution >= 0.6 is 0 Å². The van der Waals surface area contributed by atoms with Crippen LogP contribution in [0.3, 0.4) is 0 Å². The monoisotopic (exact) mass is 345 g/mol. The second-order valence-electron chi connectivity index (χ2n) is 4.83. The van der Waals surface area contributed by atoms with Crippen LogP contribution in [0.25, 0.3) is 0 Å². The normalized spacial score (nSPS) is 12.0. The van der Waals surface area contributed by atoms with E-state index in [1.807, 2.05) is 6.92 Å². The Morgan fingerprint density at radius 3 is 2.17 bits per heavy atom. The predicted molar refractivity (Wildman–Crippen MR) is 80.0 cm³/mol. The summed E-state index contributed by atoms with van der Waals surface area (Å²) in [5.41, 5.74) is 0.168. The highest BCUT2D eigenvalue weighted by Gasteiger charge is 2.30. The first-order valence-corrected chi connectivity index (χ1v) is 7.96. The van der Waals surface area contributed by atoms with Crippen molar-refractivity contribution in [3.63, 3.8) is 0 Å². The Hall–Kier alpha value is -2.22. The second kappa shape index (κ2) is 6.11. The molecule has 0 saturated heterocycles. The molecule has 0 aliphatic heterocycles. The molecule has 0 unspecified atom stereocenters. The van der Waals surface area contributed by atoms with Crippen molar-refractivity contribution >= 4 is 15.7 Å². The quantitative estimate of drug-likeness (QED) is 0.916. The van der Waals surface area contributed by atoms with Gasteiger partial charge in [0.2, 0.25) is 0 Å². The summed E-state index contributed by atoms with van der Waals surface area (Å²) in [6.07, 6.45) is -4.52. The molecule has 0 saturated carbocycles. The van der Waals surface area contributed by atoms with E-state index < -0.39 is 21.8 Å². The van der Waals surface area contributed by atoms with Crippen LogP contribution < -0.4 is 9.46 Å². The standard InChI is InChI=1S/C15H14F3NO3S/c1-10-3-8-13(14(9-10)22-2)19-23(20,21)12-6-4-11(5-7-12)15(16,17)18/h3-9,19H,1-2H3. The lowest BCUT2D eigenvalue weighted by Crippen LogP contribution is -2.14. The Kier molecular flexibility index (Phi) is 4.56. The third kappa shape index (κ3) is 3.95. The van der Waals surface area contributed by atoms with Crippen molar-refractivity contribution in [2.75, 3.05) is 11.8 Å². The molecule has 4 nitrogen and oxygen atoms in total. The predicted octanol–water partition coefficient (Wildman–Crippen LogP) is 3.82. The summed E-state index contributed by atoms with van der Waals surface area (Å²) in [5, 5.41) is 0. The summed E-state index contributed by atoms with van der Waals surface area (Å²) in [4.78, 5) is -0.270. The average Bonchev–Trinajstić information content (AvgIpc) is 2.48. The Morgan fingerprint density at radius 1 is 1.04 bits per heavy atom. The zero-order valence-corrected chi connectivity index (χ0v) is 13.1. The van der Waals surface area contributed by atoms with Gasteiger partial charge in [0.1, 0.15) is 5.75 Å². The van der Waals surface area contributed by atoms with Crippen molar-refractivity contribution in [3.8, 4) is 5.75 Å². The summed E-state index contributed by atoms with van der Waals surface area (Å²) < 4.78 is 69.5. The number of rotatable bonds is 4. The van der Waals surface area contributed by atoms with E-state index in [0.29, 0.717) is 5.75 Å². The molecule has 2 aromatic carbocycles. The van der Waals surface area contributed by atoms with Crippen LogP contribution in [0.15, 0.2) is 47.4 Å². The van der Waals surface area contributed by atoms with Crippen LogP contribution in [-0.2, 0) is 16.2 Å². The van der Waals surface area contributed by atoms with Gasteiger partial charge in [0, 0.05) is 0 Å². The SMILES string of the molecule is COc1cc(C)ccc1NS(=O)(=O)c1ccc(C(F)(F)F)cc1. The van der Waals surface area contributed by atoms with Crippen molar-refractivity contribution in [2.45, 2.75) is 18.0 Å². The Balaban J connectivity index is 2.32. The average molecular weight is 345 g/mol. The molecule has 0 bridgehead atoms. The van der Waals surface area contributed by atoms with Crippen molar-refractivity contribution in [2.24, 2.45) is 0 Å². The number of sulfonamides is 1. The number of anilines is 1. The van der Waals surface area contributed by atoms with E-state index in [1.54, 1.807) is 12.1 Å². The highest BCUT2D eigenvalue weighted by molar-refractivity contribution is 7.92. The topological polar surface area (TPSA) is 55.4 Å². The molecule has 0 spiro atoms. The number of benzene rings is 2. The highest BCUT2D eigenvalue weighted by Crippen LogP contribution is 2.31. The third-order valence-corrected chi connectivity index (χ3v) is 4.47. The molecule has 0 aliphatic rings. The van der Waals surface area contributed by atoms with Gasteiger partial charge < -0.3 is 4.74 Å². The highest BCUT2D eigenvalue weighted by atomic mass is 32.2. The number of alkyl halides is 3. The molecule has 0 radical (unpaired) electrons. The Labute approximate surface area is 132 Å². The molecule has 2 aromatic rings. The minimum atomic E-state index is -4.52. The minimum absolute atomic E-state index is 0.206. The number of aryl methyl sites for hydroxylation is 1. The van der Waals surface area contributed by atoms with Crippen molar-refractivity contribution in [3.05, 3.63) is 53.6 Å². The van der Waals surface area contributed by atoms with Gasteiger partial charge in [0.25, 0.3) is 10.0 Å². The first-order chi connectivity index (χ1) is 10.6. The lowest BCUT2D eigenvalue weighted by atomic mass is 10.2. The largest absolute Gasteiger partial charge is 0.495 e. The fraction of sp³-hybridized carbons (Fsp3) is 0.200. The van der Waals surface area contributed by atoms with Gasteiger partial charge in [0.15, 0.2) is 0 Å². The molecule has 0 fully saturated rings. The third-order valence-electron chi connectivity index (χ3n) is 3.09. The van der Waals surface area contributed by atoms with Crippen molar-refractivity contribution in [1.82, 2.24) is 0 Å². The van der Waals surface area contributed by atoms with E-state index in [-0.39, 0.29) is 10.6 Å². The maximum absolute atomic E-state index is 12.5. The summed E-state index contributed by atoms with van der Waals surface area (Å²) in [6, 6.07) is 8.12. The van der Waals surface area contributed by atoms with E-state index in [9.17, 15) is 21.6 Å². The molecule has 0 aromatic heterocycles. The molecule has 1 N–H and O–H groups in total. The molecular weight excluding hydrogens is 331 g/mol. The maximum Gasteiger partial charge on any atom is 0.416 e. The van der Waals surface area contributed by atoms with E-state index in [4.69, 9.17) is 4.74 Å². The Morgan fingerprint density at radius 2 is 1.65 bits per heavy atom. The number of hydrogen-bond donors (Lipinski definition) is 1. The lowest BCUT2D eigenvalue weighted by Gasteiger charge is -2.13. The van der Waals surface area contributed by atoms with Gasteiger partial charge in [-0.3, -0.25) is 4.72 Å². The molecule has 0 heterocycles. The lowest BCUT2D eigenvalue weighted by molar-refractivity contribution is -0.137. The Bertz CT molecular complexity index is 800. The maximum atomic E-state index is 12.5. The molecule has 124 valence electrons. The molecule has 0 atom stereocenters. The smallest absolute Gasteiger partial charge is 0.416 e. The molecule has 0 amide bonds. The summed E-state index contributed by atoms with van der Waals surface area (Å²) in [5.74, 6) is 0.320. The number of methoxy groups -OCH3 is 1. The fourth-order valence-corrected chi connectivity index (χ4v) is 2.98. The zero-order chi connectivity index (χ0) is 17.3. The second-order valence-corrected chi connectivity index (χ2v) is 6.51. The number of hydrogen-bond acceptors (Lipinski definition) is 3. The van der Waals surface area contributed by atoms with E-state index >= 15 is 0 Å². The summed E-state index contributed by atoms with van der Waals surface area (Å²) in [7, 11) is -2.62. The van der Waals surface area contributed by atoms with Crippen LogP contribution in [-0.4, -0.2) is 15.5 Å². The van der Waals surface area contributed by atoms with E-state index in [1.165, 1.54) is 13.2 Å². The van der Waals surface area contributed by atoms with Crippen molar-refractivity contribution < 1.29 is 26.3 Å². The summed E-state index contributed by atoms with van der Waals surface area (Å²) in [6.45, 7) is 1.82. The molecule has 8 heteroatoms. The minimum Gasteiger partial charge on any atom is -0.495 e. The van der Waals surface area contributed by atoms with Crippen LogP contribution in [0, 0.1) is 6.92 Å². The molecule has 23 heavy (non-hydrogen) atoms. The van der Waals surface area contributed by atoms with Crippen molar-refractivity contribution in [1.29, 1.82) is 0 Å². The van der Waals surface area contributed by atoms with Crippen LogP contribution in [0.4, 0.5) is 18.9 Å². The molecule has 0 aliphatic carbocycles. The zero-order valence-electron chi connectivity index (χ0n) is 12.3. The number of ether oxygens (including phenoxy) is 1. The van der Waals surface area contributed by atoms with Gasteiger partial charge >= 0.3 is 6.18 Å². The van der Waals surface area contributed by atoms with Crippen LogP contribution in [0.1, 0.15) is 11.1 Å². The number of halogens is 3. The number of nitrogens with one attached hydrogen (secondary N) is 1. The van der Waals surface area contributed by atoms with Gasteiger partial charge in [-0.25, -0.2) is 8.42 Å². The van der Waals surface area contributed by atoms with E-state index in [2.05, 4.69) is 4.72 Å². The first-order valence-electron chi connectivity index (χ1n) is 6.48. The fourth-order valence-electron chi connectivity index (χ4n) is 1.91.